The van der Waals surface area contributed by atoms with Crippen molar-refractivity contribution in [3.05, 3.63) is 95.6 Å². The number of carbonyl (C=O) groups excluding carboxylic acids is 2. The van der Waals surface area contributed by atoms with Crippen LogP contribution in [0.2, 0.25) is 0 Å². The molecule has 4 aromatic rings. The van der Waals surface area contributed by atoms with Gasteiger partial charge in [-0.2, -0.15) is 0 Å². The van der Waals surface area contributed by atoms with Gasteiger partial charge < -0.3 is 9.30 Å². The molecule has 34 heavy (non-hydrogen) atoms. The Hall–Kier alpha value is -3.93. The van der Waals surface area contributed by atoms with Crippen molar-refractivity contribution in [3.63, 3.8) is 0 Å². The van der Waals surface area contributed by atoms with Crippen LogP contribution in [0.5, 0.6) is 0 Å². The summed E-state index contributed by atoms with van der Waals surface area (Å²) in [6, 6.07) is 25.1. The molecular weight excluding hydrogens is 426 g/mol. The summed E-state index contributed by atoms with van der Waals surface area (Å²) in [6.45, 7) is 4.39. The molecule has 0 N–H and O–H groups in total. The number of hydrogen-bond acceptors (Lipinski definition) is 4. The normalized spacial score (nSPS) is 17.6. The SMILES string of the molecule is CCOC(=O)[C@@H]1C(=O)N(Cc2ccccc2)c2nc3ccccc3n2[C@@H]1c1ccc(CC)cc1. The van der Waals surface area contributed by atoms with Crippen LogP contribution in [-0.4, -0.2) is 28.0 Å². The number of esters is 1. The van der Waals surface area contributed by atoms with Crippen LogP contribution in [0.4, 0.5) is 5.95 Å². The number of aryl methyl sites for hydroxylation is 1. The van der Waals surface area contributed by atoms with Gasteiger partial charge in [-0.1, -0.05) is 73.7 Å². The molecule has 0 aliphatic carbocycles. The van der Waals surface area contributed by atoms with E-state index >= 15 is 0 Å². The minimum Gasteiger partial charge on any atom is -0.465 e. The highest BCUT2D eigenvalue weighted by Crippen LogP contribution is 2.41. The summed E-state index contributed by atoms with van der Waals surface area (Å²) < 4.78 is 7.46. The number of carbonyl (C=O) groups is 2. The summed E-state index contributed by atoms with van der Waals surface area (Å²) in [4.78, 5) is 33.7. The molecular formula is C28H27N3O3. The number of amides is 1. The lowest BCUT2D eigenvalue weighted by atomic mass is 9.88. The molecule has 0 bridgehead atoms. The van der Waals surface area contributed by atoms with Crippen LogP contribution in [-0.2, 0) is 27.3 Å². The zero-order valence-electron chi connectivity index (χ0n) is 19.3. The van der Waals surface area contributed by atoms with Gasteiger partial charge in [0, 0.05) is 0 Å². The molecule has 6 nitrogen and oxygen atoms in total. The molecule has 0 fully saturated rings. The Balaban J connectivity index is 1.73. The molecule has 0 saturated heterocycles. The quantitative estimate of drug-likeness (QED) is 0.307. The van der Waals surface area contributed by atoms with Crippen LogP contribution >= 0.6 is 0 Å². The third kappa shape index (κ3) is 3.75. The molecule has 0 unspecified atom stereocenters. The second-order valence-electron chi connectivity index (χ2n) is 8.45. The molecule has 0 spiro atoms. The number of aromatic nitrogens is 2. The molecule has 2 heterocycles. The van der Waals surface area contributed by atoms with Crippen molar-refractivity contribution in [2.45, 2.75) is 32.9 Å². The van der Waals surface area contributed by atoms with E-state index in [0.29, 0.717) is 12.5 Å². The van der Waals surface area contributed by atoms with Crippen molar-refractivity contribution in [3.8, 4) is 0 Å². The van der Waals surface area contributed by atoms with E-state index in [-0.39, 0.29) is 12.5 Å². The zero-order chi connectivity index (χ0) is 23.7. The maximum absolute atomic E-state index is 14.0. The van der Waals surface area contributed by atoms with E-state index in [1.807, 2.05) is 71.3 Å². The number of hydrogen-bond donors (Lipinski definition) is 0. The van der Waals surface area contributed by atoms with Gasteiger partial charge >= 0.3 is 5.97 Å². The number of para-hydroxylation sites is 2. The Kier molecular flexibility index (Phi) is 5.88. The van der Waals surface area contributed by atoms with Gasteiger partial charge in [0.05, 0.1) is 30.2 Å². The first-order chi connectivity index (χ1) is 16.6. The number of nitrogens with zero attached hydrogens (tertiary/aromatic N) is 3. The summed E-state index contributed by atoms with van der Waals surface area (Å²) in [7, 11) is 0. The minimum absolute atomic E-state index is 0.209. The second-order valence-corrected chi connectivity index (χ2v) is 8.45. The highest BCUT2D eigenvalue weighted by Gasteiger charge is 2.47. The van der Waals surface area contributed by atoms with Crippen molar-refractivity contribution < 1.29 is 14.3 Å². The fourth-order valence-corrected chi connectivity index (χ4v) is 4.72. The third-order valence-electron chi connectivity index (χ3n) is 6.40. The summed E-state index contributed by atoms with van der Waals surface area (Å²) in [5.74, 6) is -1.28. The van der Waals surface area contributed by atoms with E-state index in [9.17, 15) is 9.59 Å². The minimum atomic E-state index is -1.01. The lowest BCUT2D eigenvalue weighted by molar-refractivity contribution is -0.153. The van der Waals surface area contributed by atoms with Gasteiger partial charge in [0.2, 0.25) is 11.9 Å². The number of imidazole rings is 1. The van der Waals surface area contributed by atoms with Crippen molar-refractivity contribution in [2.24, 2.45) is 5.92 Å². The maximum atomic E-state index is 14.0. The number of anilines is 1. The van der Waals surface area contributed by atoms with E-state index in [2.05, 4.69) is 19.1 Å². The number of ether oxygens (including phenoxy) is 1. The standard InChI is InChI=1S/C28H27N3O3/c1-3-19-14-16-21(17-15-19)25-24(27(33)34-4-2)26(32)30(18-20-10-6-5-7-11-20)28-29-22-12-8-9-13-23(22)31(25)28/h5-17,24-25H,3-4,18H2,1-2H3/t24-,25+/m0/s1. The molecule has 6 heteroatoms. The smallest absolute Gasteiger partial charge is 0.321 e. The van der Waals surface area contributed by atoms with Crippen LogP contribution in [0.1, 0.15) is 36.6 Å². The highest BCUT2D eigenvalue weighted by molar-refractivity contribution is 6.08. The molecule has 1 amide bonds. The van der Waals surface area contributed by atoms with Gasteiger partial charge in [0.15, 0.2) is 5.92 Å². The lowest BCUT2D eigenvalue weighted by Gasteiger charge is -2.38. The molecule has 1 aliphatic rings. The summed E-state index contributed by atoms with van der Waals surface area (Å²) in [6.07, 6.45) is 0.912. The van der Waals surface area contributed by atoms with Crippen molar-refractivity contribution in [1.82, 2.24) is 9.55 Å². The lowest BCUT2D eigenvalue weighted by Crippen LogP contribution is -2.49. The summed E-state index contributed by atoms with van der Waals surface area (Å²) in [5.41, 5.74) is 4.69. The maximum Gasteiger partial charge on any atom is 0.321 e. The Labute approximate surface area is 198 Å². The zero-order valence-corrected chi connectivity index (χ0v) is 19.3. The van der Waals surface area contributed by atoms with E-state index in [4.69, 9.17) is 9.72 Å². The van der Waals surface area contributed by atoms with E-state index in [1.54, 1.807) is 11.8 Å². The summed E-state index contributed by atoms with van der Waals surface area (Å²) in [5, 5.41) is 0. The molecule has 172 valence electrons. The van der Waals surface area contributed by atoms with E-state index in [1.165, 1.54) is 5.56 Å². The van der Waals surface area contributed by atoms with Gasteiger partial charge in [-0.25, -0.2) is 4.98 Å². The summed E-state index contributed by atoms with van der Waals surface area (Å²) >= 11 is 0. The van der Waals surface area contributed by atoms with Crippen LogP contribution in [0.25, 0.3) is 11.0 Å². The Morgan fingerprint density at radius 2 is 1.62 bits per heavy atom. The van der Waals surface area contributed by atoms with Crippen LogP contribution in [0, 0.1) is 5.92 Å². The Bertz CT molecular complexity index is 1330. The van der Waals surface area contributed by atoms with Crippen molar-refractivity contribution >= 4 is 28.9 Å². The largest absolute Gasteiger partial charge is 0.465 e. The topological polar surface area (TPSA) is 64.4 Å². The van der Waals surface area contributed by atoms with Gasteiger partial charge in [-0.15, -0.1) is 0 Å². The first-order valence-electron chi connectivity index (χ1n) is 11.7. The number of fused-ring (bicyclic) bond motifs is 3. The average Bonchev–Trinajstić information content (AvgIpc) is 3.25. The van der Waals surface area contributed by atoms with Gasteiger partial charge in [0.1, 0.15) is 0 Å². The molecule has 5 rings (SSSR count). The van der Waals surface area contributed by atoms with Crippen LogP contribution in [0.3, 0.4) is 0 Å². The van der Waals surface area contributed by atoms with Gasteiger partial charge in [-0.3, -0.25) is 14.5 Å². The molecule has 3 aromatic carbocycles. The van der Waals surface area contributed by atoms with Crippen LogP contribution in [0.15, 0.2) is 78.9 Å². The van der Waals surface area contributed by atoms with Crippen molar-refractivity contribution in [1.29, 1.82) is 0 Å². The monoisotopic (exact) mass is 453 g/mol. The molecule has 1 aromatic heterocycles. The van der Waals surface area contributed by atoms with Crippen LogP contribution < -0.4 is 4.90 Å². The third-order valence-corrected chi connectivity index (χ3v) is 6.40. The van der Waals surface area contributed by atoms with E-state index < -0.39 is 17.9 Å². The average molecular weight is 454 g/mol. The Morgan fingerprint density at radius 3 is 2.32 bits per heavy atom. The second kappa shape index (κ2) is 9.14. The fraction of sp³-hybridized carbons (Fsp3) is 0.250. The first-order valence-corrected chi connectivity index (χ1v) is 11.7. The van der Waals surface area contributed by atoms with Crippen molar-refractivity contribution in [2.75, 3.05) is 11.5 Å². The molecule has 0 radical (unpaired) electrons. The number of rotatable bonds is 6. The van der Waals surface area contributed by atoms with Gasteiger partial charge in [0.25, 0.3) is 0 Å². The first kappa shape index (κ1) is 21.9. The molecule has 1 aliphatic heterocycles. The fourth-order valence-electron chi connectivity index (χ4n) is 4.72. The predicted octanol–water partition coefficient (Wildman–Crippen LogP) is 4.91. The van der Waals surface area contributed by atoms with E-state index in [0.717, 1.165) is 28.6 Å². The Morgan fingerprint density at radius 1 is 0.912 bits per heavy atom. The van der Waals surface area contributed by atoms with Gasteiger partial charge in [-0.05, 0) is 42.2 Å². The predicted molar refractivity (Wildman–Crippen MR) is 131 cm³/mol. The molecule has 2 atom stereocenters. The molecule has 0 saturated carbocycles. The number of benzene rings is 3. The highest BCUT2D eigenvalue weighted by atomic mass is 16.5.